The quantitative estimate of drug-likeness (QED) is 0.770. The maximum atomic E-state index is 10.7. The van der Waals surface area contributed by atoms with Crippen LogP contribution in [-0.4, -0.2) is 31.1 Å². The molecule has 0 aliphatic carbocycles. The minimum atomic E-state index is 0.233. The monoisotopic (exact) mass is 277 g/mol. The van der Waals surface area contributed by atoms with Crippen molar-refractivity contribution in [2.24, 2.45) is 5.92 Å². The smallest absolute Gasteiger partial charge is 0.132 e. The molecular weight excluding hydrogens is 238 g/mol. The van der Waals surface area contributed by atoms with Crippen LogP contribution in [-0.2, 0) is 4.79 Å². The van der Waals surface area contributed by atoms with Gasteiger partial charge in [-0.1, -0.05) is 54.9 Å². The van der Waals surface area contributed by atoms with Gasteiger partial charge in [-0.15, -0.1) is 0 Å². The van der Waals surface area contributed by atoms with Crippen molar-refractivity contribution in [1.82, 2.24) is 5.32 Å². The summed E-state index contributed by atoms with van der Waals surface area (Å²) in [5, 5.41) is 10.8. The van der Waals surface area contributed by atoms with Gasteiger partial charge >= 0.3 is 0 Å². The average Bonchev–Trinajstić information content (AvgIpc) is 2.41. The van der Waals surface area contributed by atoms with Gasteiger partial charge in [0.15, 0.2) is 0 Å². The maximum Gasteiger partial charge on any atom is 0.132 e. The van der Waals surface area contributed by atoms with E-state index >= 15 is 0 Å². The molecule has 0 amide bonds. The van der Waals surface area contributed by atoms with Crippen LogP contribution in [0.2, 0.25) is 0 Å². The molecule has 0 fully saturated rings. The molecule has 19 heavy (non-hydrogen) atoms. The third-order valence-corrected chi connectivity index (χ3v) is 1.76. The summed E-state index contributed by atoms with van der Waals surface area (Å²) in [5.74, 6) is 1.06. The number of hydrogen-bond donors (Lipinski definition) is 2. The van der Waals surface area contributed by atoms with Gasteiger partial charge in [0.1, 0.15) is 5.78 Å². The second kappa shape index (κ2) is 30.5. The number of ketones is 1. The summed E-state index contributed by atoms with van der Waals surface area (Å²) in [7, 11) is 1.80. The summed E-state index contributed by atoms with van der Waals surface area (Å²) in [6.07, 6.45) is 3.77. The molecule has 2 N–H and O–H groups in total. The van der Waals surface area contributed by atoms with Crippen LogP contribution in [0.5, 0.6) is 0 Å². The molecule has 0 saturated carbocycles. The van der Waals surface area contributed by atoms with E-state index in [0.717, 1.165) is 12.8 Å². The van der Waals surface area contributed by atoms with Crippen LogP contribution in [0.3, 0.4) is 0 Å². The first-order valence-electron chi connectivity index (χ1n) is 7.77. The van der Waals surface area contributed by atoms with Gasteiger partial charge in [-0.05, 0) is 19.4 Å². The standard InChI is InChI=1S/C8H16O.C3H9NO.C3H8.C2H6/c1-4-8(9)6-5-7(2)3;1-4-2-3-5;1-3-2;1-2/h7H,4-6H2,1-3H3;4-5H,2-3H2,1H3;3H2,1-2H3;1-2H3. The van der Waals surface area contributed by atoms with Crippen molar-refractivity contribution in [1.29, 1.82) is 0 Å². The molecule has 0 atom stereocenters. The Bertz CT molecular complexity index is 135. The van der Waals surface area contributed by atoms with E-state index in [0.29, 0.717) is 24.7 Å². The van der Waals surface area contributed by atoms with Crippen molar-refractivity contribution >= 4 is 5.78 Å². The number of rotatable bonds is 6. The lowest BCUT2D eigenvalue weighted by molar-refractivity contribution is -0.119. The topological polar surface area (TPSA) is 49.3 Å². The highest BCUT2D eigenvalue weighted by molar-refractivity contribution is 5.77. The number of nitrogens with one attached hydrogen (secondary N) is 1. The number of aliphatic hydroxyl groups is 1. The number of Topliss-reactive ketones (excluding diaryl/α,β-unsaturated/α-hetero) is 1. The van der Waals surface area contributed by atoms with E-state index in [9.17, 15) is 4.79 Å². The largest absolute Gasteiger partial charge is 0.395 e. The summed E-state index contributed by atoms with van der Waals surface area (Å²) in [4.78, 5) is 10.7. The van der Waals surface area contributed by atoms with Crippen LogP contribution in [0.15, 0.2) is 0 Å². The molecule has 0 heterocycles. The molecular formula is C16H39NO2. The fourth-order valence-corrected chi connectivity index (χ4v) is 0.738. The zero-order valence-corrected chi connectivity index (χ0v) is 14.7. The highest BCUT2D eigenvalue weighted by Gasteiger charge is 1.99. The fourth-order valence-electron chi connectivity index (χ4n) is 0.738. The summed E-state index contributed by atoms with van der Waals surface area (Å²) in [5.41, 5.74) is 0. The highest BCUT2D eigenvalue weighted by Crippen LogP contribution is 2.04. The molecule has 0 saturated heterocycles. The molecule has 0 aromatic rings. The molecule has 0 rings (SSSR count). The first-order chi connectivity index (χ1) is 8.99. The lowest BCUT2D eigenvalue weighted by Gasteiger charge is -2.00. The summed E-state index contributed by atoms with van der Waals surface area (Å²) in [6, 6.07) is 0. The molecule has 0 aromatic heterocycles. The van der Waals surface area contributed by atoms with Crippen molar-refractivity contribution in [3.8, 4) is 0 Å². The minimum absolute atomic E-state index is 0.233. The number of aliphatic hydroxyl groups excluding tert-OH is 1. The van der Waals surface area contributed by atoms with Crippen molar-refractivity contribution in [2.75, 3.05) is 20.2 Å². The number of likely N-dealkylation sites (N-methyl/N-ethyl adjacent to an activating group) is 1. The van der Waals surface area contributed by atoms with E-state index in [1.165, 1.54) is 6.42 Å². The first kappa shape index (κ1) is 27.0. The Balaban J connectivity index is -0.0000000952. The molecule has 0 aliphatic heterocycles. The Morgan fingerprint density at radius 2 is 1.58 bits per heavy atom. The van der Waals surface area contributed by atoms with Crippen LogP contribution in [0.25, 0.3) is 0 Å². The Kier molecular flexibility index (Phi) is 43.4. The summed E-state index contributed by atoms with van der Waals surface area (Å²) in [6.45, 7) is 15.4. The number of carbonyl (C=O) groups is 1. The summed E-state index contributed by atoms with van der Waals surface area (Å²) >= 11 is 0. The second-order valence-electron chi connectivity index (χ2n) is 4.36. The molecule has 0 aliphatic rings. The van der Waals surface area contributed by atoms with Crippen molar-refractivity contribution in [3.63, 3.8) is 0 Å². The van der Waals surface area contributed by atoms with Crippen LogP contribution in [0.1, 0.15) is 74.1 Å². The van der Waals surface area contributed by atoms with Crippen LogP contribution in [0.4, 0.5) is 0 Å². The van der Waals surface area contributed by atoms with Gasteiger partial charge in [-0.3, -0.25) is 4.79 Å². The molecule has 0 aromatic carbocycles. The minimum Gasteiger partial charge on any atom is -0.395 e. The lowest BCUT2D eigenvalue weighted by Crippen LogP contribution is -2.10. The van der Waals surface area contributed by atoms with Gasteiger partial charge in [0.2, 0.25) is 0 Å². The van der Waals surface area contributed by atoms with E-state index in [1.807, 2.05) is 20.8 Å². The molecule has 0 radical (unpaired) electrons. The average molecular weight is 277 g/mol. The molecule has 120 valence electrons. The number of carbonyl (C=O) groups excluding carboxylic acids is 1. The second-order valence-corrected chi connectivity index (χ2v) is 4.36. The van der Waals surface area contributed by atoms with Crippen molar-refractivity contribution in [2.45, 2.75) is 74.1 Å². The maximum absolute atomic E-state index is 10.7. The van der Waals surface area contributed by atoms with Crippen LogP contribution < -0.4 is 5.32 Å². The summed E-state index contributed by atoms with van der Waals surface area (Å²) < 4.78 is 0. The molecule has 0 unspecified atom stereocenters. The fraction of sp³-hybridized carbons (Fsp3) is 0.938. The highest BCUT2D eigenvalue weighted by atomic mass is 16.3. The zero-order valence-electron chi connectivity index (χ0n) is 14.7. The zero-order chi connectivity index (χ0) is 16.1. The Labute approximate surface area is 122 Å². The van der Waals surface area contributed by atoms with Gasteiger partial charge in [0.25, 0.3) is 0 Å². The van der Waals surface area contributed by atoms with E-state index in [1.54, 1.807) is 7.05 Å². The van der Waals surface area contributed by atoms with E-state index < -0.39 is 0 Å². The number of hydrogen-bond acceptors (Lipinski definition) is 3. The molecule has 3 heteroatoms. The van der Waals surface area contributed by atoms with Gasteiger partial charge in [0.05, 0.1) is 6.61 Å². The van der Waals surface area contributed by atoms with Gasteiger partial charge < -0.3 is 10.4 Å². The van der Waals surface area contributed by atoms with Gasteiger partial charge in [0, 0.05) is 19.4 Å². The third-order valence-electron chi connectivity index (χ3n) is 1.76. The molecule has 3 nitrogen and oxygen atoms in total. The first-order valence-corrected chi connectivity index (χ1v) is 7.77. The lowest BCUT2D eigenvalue weighted by atomic mass is 10.1. The Morgan fingerprint density at radius 1 is 1.16 bits per heavy atom. The normalized spacial score (nSPS) is 8.32. The van der Waals surface area contributed by atoms with Gasteiger partial charge in [-0.25, -0.2) is 0 Å². The van der Waals surface area contributed by atoms with Crippen LogP contribution >= 0.6 is 0 Å². The SMILES string of the molecule is CC.CCC.CCC(=O)CCC(C)C.CNCCO. The Hall–Kier alpha value is -0.410. The predicted molar refractivity (Wildman–Crippen MR) is 87.7 cm³/mol. The van der Waals surface area contributed by atoms with Crippen molar-refractivity contribution in [3.05, 3.63) is 0 Å². The van der Waals surface area contributed by atoms with Crippen molar-refractivity contribution < 1.29 is 9.90 Å². The predicted octanol–water partition coefficient (Wildman–Crippen LogP) is 4.04. The Morgan fingerprint density at radius 3 is 1.74 bits per heavy atom. The third kappa shape index (κ3) is 57.9. The van der Waals surface area contributed by atoms with Crippen LogP contribution in [0, 0.1) is 5.92 Å². The molecule has 0 bridgehead atoms. The van der Waals surface area contributed by atoms with E-state index in [-0.39, 0.29) is 6.61 Å². The van der Waals surface area contributed by atoms with E-state index in [4.69, 9.17) is 5.11 Å². The molecule has 0 spiro atoms. The van der Waals surface area contributed by atoms with E-state index in [2.05, 4.69) is 33.0 Å². The van der Waals surface area contributed by atoms with Gasteiger partial charge in [-0.2, -0.15) is 0 Å².